The zero-order chi connectivity index (χ0) is 15.4. The normalized spacial score (nSPS) is 10.4. The Labute approximate surface area is 128 Å². The first-order valence-corrected chi connectivity index (χ1v) is 7.03. The number of benzene rings is 2. The van der Waals surface area contributed by atoms with Crippen molar-refractivity contribution in [3.05, 3.63) is 66.4 Å². The molecule has 0 saturated carbocycles. The molecule has 0 bridgehead atoms. The molecule has 1 amide bonds. The molecular formula is C17H16N4O. The van der Waals surface area contributed by atoms with E-state index in [0.29, 0.717) is 0 Å². The van der Waals surface area contributed by atoms with E-state index in [1.54, 1.807) is 6.20 Å². The molecule has 0 spiro atoms. The van der Waals surface area contributed by atoms with E-state index in [-0.39, 0.29) is 12.5 Å². The number of amides is 1. The van der Waals surface area contributed by atoms with Crippen LogP contribution in [0.1, 0.15) is 5.56 Å². The summed E-state index contributed by atoms with van der Waals surface area (Å²) in [5, 5.41) is 10.9. The van der Waals surface area contributed by atoms with E-state index in [9.17, 15) is 4.79 Å². The number of rotatable bonds is 4. The van der Waals surface area contributed by atoms with Gasteiger partial charge in [-0.1, -0.05) is 53.2 Å². The van der Waals surface area contributed by atoms with Gasteiger partial charge in [0.15, 0.2) is 0 Å². The number of aromatic nitrogens is 3. The van der Waals surface area contributed by atoms with Gasteiger partial charge < -0.3 is 5.32 Å². The molecular weight excluding hydrogens is 276 g/mol. The van der Waals surface area contributed by atoms with Gasteiger partial charge in [-0.15, -0.1) is 5.10 Å². The van der Waals surface area contributed by atoms with E-state index >= 15 is 0 Å². The van der Waals surface area contributed by atoms with Crippen LogP contribution in [-0.4, -0.2) is 20.9 Å². The predicted molar refractivity (Wildman–Crippen MR) is 85.3 cm³/mol. The van der Waals surface area contributed by atoms with Crippen LogP contribution in [0.4, 0.5) is 5.69 Å². The lowest BCUT2D eigenvalue weighted by Crippen LogP contribution is -2.19. The monoisotopic (exact) mass is 292 g/mol. The molecule has 1 heterocycles. The fraction of sp³-hybridized carbons (Fsp3) is 0.118. The van der Waals surface area contributed by atoms with Gasteiger partial charge in [0.05, 0.1) is 6.20 Å². The lowest BCUT2D eigenvalue weighted by atomic mass is 10.2. The fourth-order valence-electron chi connectivity index (χ4n) is 2.10. The zero-order valence-corrected chi connectivity index (χ0v) is 12.2. The standard InChI is InChI=1S/C17H16N4O/c1-13-7-9-15(10-8-13)18-17(22)12-21-11-16(19-20-21)14-5-3-2-4-6-14/h2-11H,12H2,1H3,(H,18,22). The summed E-state index contributed by atoms with van der Waals surface area (Å²) in [4.78, 5) is 12.0. The summed E-state index contributed by atoms with van der Waals surface area (Å²) in [6.45, 7) is 2.14. The van der Waals surface area contributed by atoms with E-state index in [2.05, 4.69) is 15.6 Å². The highest BCUT2D eigenvalue weighted by Crippen LogP contribution is 2.15. The molecule has 0 fully saturated rings. The van der Waals surface area contributed by atoms with Crippen molar-refractivity contribution in [1.29, 1.82) is 0 Å². The van der Waals surface area contributed by atoms with Crippen LogP contribution in [0.2, 0.25) is 0 Å². The van der Waals surface area contributed by atoms with Crippen molar-refractivity contribution in [3.63, 3.8) is 0 Å². The Morgan fingerprint density at radius 2 is 1.82 bits per heavy atom. The molecule has 5 heteroatoms. The molecule has 3 rings (SSSR count). The van der Waals surface area contributed by atoms with Gasteiger partial charge in [0.2, 0.25) is 5.91 Å². The number of nitrogens with zero attached hydrogens (tertiary/aromatic N) is 3. The molecule has 22 heavy (non-hydrogen) atoms. The summed E-state index contributed by atoms with van der Waals surface area (Å²) in [5.74, 6) is -0.131. The molecule has 0 aliphatic carbocycles. The Balaban J connectivity index is 1.65. The molecule has 3 aromatic rings. The molecule has 0 unspecified atom stereocenters. The van der Waals surface area contributed by atoms with Crippen molar-refractivity contribution in [1.82, 2.24) is 15.0 Å². The first kappa shape index (κ1) is 14.0. The maximum atomic E-state index is 12.0. The van der Waals surface area contributed by atoms with Crippen LogP contribution < -0.4 is 5.32 Å². The Morgan fingerprint density at radius 1 is 1.09 bits per heavy atom. The second-order valence-corrected chi connectivity index (χ2v) is 5.08. The van der Waals surface area contributed by atoms with Gasteiger partial charge in [-0.05, 0) is 19.1 Å². The van der Waals surface area contributed by atoms with Crippen molar-refractivity contribution in [2.24, 2.45) is 0 Å². The van der Waals surface area contributed by atoms with E-state index in [1.165, 1.54) is 4.68 Å². The van der Waals surface area contributed by atoms with E-state index in [1.807, 2.05) is 61.5 Å². The summed E-state index contributed by atoms with van der Waals surface area (Å²) >= 11 is 0. The molecule has 0 saturated heterocycles. The van der Waals surface area contributed by atoms with E-state index in [4.69, 9.17) is 0 Å². The van der Waals surface area contributed by atoms with Crippen LogP contribution in [0.3, 0.4) is 0 Å². The number of carbonyl (C=O) groups excluding carboxylic acids is 1. The van der Waals surface area contributed by atoms with Crippen LogP contribution in [0.25, 0.3) is 11.3 Å². The van der Waals surface area contributed by atoms with Gasteiger partial charge in [-0.3, -0.25) is 4.79 Å². The van der Waals surface area contributed by atoms with Gasteiger partial charge in [0.1, 0.15) is 12.2 Å². The van der Waals surface area contributed by atoms with Gasteiger partial charge in [-0.2, -0.15) is 0 Å². The van der Waals surface area contributed by atoms with Crippen LogP contribution in [0.15, 0.2) is 60.8 Å². The first-order valence-electron chi connectivity index (χ1n) is 7.03. The van der Waals surface area contributed by atoms with E-state index < -0.39 is 0 Å². The fourth-order valence-corrected chi connectivity index (χ4v) is 2.10. The Hall–Kier alpha value is -2.95. The van der Waals surface area contributed by atoms with Crippen molar-refractivity contribution in [3.8, 4) is 11.3 Å². The topological polar surface area (TPSA) is 59.8 Å². The summed E-state index contributed by atoms with van der Waals surface area (Å²) in [6.07, 6.45) is 1.77. The third-order valence-electron chi connectivity index (χ3n) is 3.25. The summed E-state index contributed by atoms with van der Waals surface area (Å²) in [7, 11) is 0. The minimum Gasteiger partial charge on any atom is -0.324 e. The second kappa shape index (κ2) is 6.22. The van der Waals surface area contributed by atoms with Gasteiger partial charge >= 0.3 is 0 Å². The number of anilines is 1. The third-order valence-corrected chi connectivity index (χ3v) is 3.25. The maximum absolute atomic E-state index is 12.0. The maximum Gasteiger partial charge on any atom is 0.246 e. The third kappa shape index (κ3) is 3.38. The molecule has 0 atom stereocenters. The minimum atomic E-state index is -0.131. The lowest BCUT2D eigenvalue weighted by Gasteiger charge is -2.05. The Bertz CT molecular complexity index is 763. The molecule has 1 N–H and O–H groups in total. The van der Waals surface area contributed by atoms with Crippen LogP contribution >= 0.6 is 0 Å². The highest BCUT2D eigenvalue weighted by molar-refractivity contribution is 5.90. The number of aryl methyl sites for hydroxylation is 1. The van der Waals surface area contributed by atoms with Crippen LogP contribution in [0.5, 0.6) is 0 Å². The molecule has 0 radical (unpaired) electrons. The Morgan fingerprint density at radius 3 is 2.55 bits per heavy atom. The Kier molecular flexibility index (Phi) is 3.96. The van der Waals surface area contributed by atoms with Crippen molar-refractivity contribution in [2.45, 2.75) is 13.5 Å². The summed E-state index contributed by atoms with van der Waals surface area (Å²) in [5.41, 5.74) is 3.66. The number of carbonyl (C=O) groups is 1. The second-order valence-electron chi connectivity index (χ2n) is 5.08. The average molecular weight is 292 g/mol. The smallest absolute Gasteiger partial charge is 0.246 e. The highest BCUT2D eigenvalue weighted by Gasteiger charge is 2.07. The van der Waals surface area contributed by atoms with Crippen molar-refractivity contribution in [2.75, 3.05) is 5.32 Å². The first-order chi connectivity index (χ1) is 10.7. The largest absolute Gasteiger partial charge is 0.324 e. The van der Waals surface area contributed by atoms with E-state index in [0.717, 1.165) is 22.5 Å². The average Bonchev–Trinajstić information content (AvgIpc) is 2.99. The van der Waals surface area contributed by atoms with Crippen molar-refractivity contribution >= 4 is 11.6 Å². The SMILES string of the molecule is Cc1ccc(NC(=O)Cn2cc(-c3ccccc3)nn2)cc1. The number of nitrogens with one attached hydrogen (secondary N) is 1. The molecule has 0 aliphatic heterocycles. The molecule has 0 aliphatic rings. The van der Waals surface area contributed by atoms with Crippen LogP contribution in [-0.2, 0) is 11.3 Å². The zero-order valence-electron chi connectivity index (χ0n) is 12.2. The van der Waals surface area contributed by atoms with Gasteiger partial charge in [0, 0.05) is 11.3 Å². The predicted octanol–water partition coefficient (Wildman–Crippen LogP) is 2.89. The van der Waals surface area contributed by atoms with Gasteiger partial charge in [0.25, 0.3) is 0 Å². The summed E-state index contributed by atoms with van der Waals surface area (Å²) in [6, 6.07) is 17.4. The highest BCUT2D eigenvalue weighted by atomic mass is 16.2. The molecule has 1 aromatic heterocycles. The van der Waals surface area contributed by atoms with Crippen molar-refractivity contribution < 1.29 is 4.79 Å². The number of hydrogen-bond acceptors (Lipinski definition) is 3. The minimum absolute atomic E-state index is 0.131. The molecule has 5 nitrogen and oxygen atoms in total. The van der Waals surface area contributed by atoms with Gasteiger partial charge in [-0.25, -0.2) is 4.68 Å². The number of hydrogen-bond donors (Lipinski definition) is 1. The quantitative estimate of drug-likeness (QED) is 0.804. The van der Waals surface area contributed by atoms with Crippen LogP contribution in [0, 0.1) is 6.92 Å². The lowest BCUT2D eigenvalue weighted by molar-refractivity contribution is -0.116. The molecule has 2 aromatic carbocycles. The summed E-state index contributed by atoms with van der Waals surface area (Å²) < 4.78 is 1.53. The molecule has 110 valence electrons.